The summed E-state index contributed by atoms with van der Waals surface area (Å²) in [6.45, 7) is 14.7. The highest BCUT2D eigenvalue weighted by atomic mass is 16.2. The van der Waals surface area contributed by atoms with Crippen LogP contribution < -0.4 is 10.6 Å². The fourth-order valence-corrected chi connectivity index (χ4v) is 4.92. The average Bonchev–Trinajstić information content (AvgIpc) is 2.96. The lowest BCUT2D eigenvalue weighted by molar-refractivity contribution is -0.117. The molecule has 0 aromatic heterocycles. The van der Waals surface area contributed by atoms with Gasteiger partial charge < -0.3 is 20.4 Å². The van der Waals surface area contributed by atoms with Crippen molar-refractivity contribution in [1.82, 2.24) is 9.80 Å². The summed E-state index contributed by atoms with van der Waals surface area (Å²) in [6, 6.07) is 16.2. The van der Waals surface area contributed by atoms with Crippen LogP contribution in [-0.4, -0.2) is 60.9 Å². The van der Waals surface area contributed by atoms with Crippen LogP contribution in [0.5, 0.6) is 0 Å². The SMILES string of the molecule is CCCCN(CCCC)CCC(=O)Nc1cccc(Cc2cccc(NC(=O)CCN(CCCC)CCCC)c2)c1. The smallest absolute Gasteiger partial charge is 0.225 e. The molecule has 0 aliphatic carbocycles. The highest BCUT2D eigenvalue weighted by molar-refractivity contribution is 5.91. The second-order valence-corrected chi connectivity index (χ2v) is 11.3. The molecule has 0 saturated carbocycles. The van der Waals surface area contributed by atoms with E-state index in [0.717, 1.165) is 68.2 Å². The molecular weight excluding hydrogens is 508 g/mol. The maximum Gasteiger partial charge on any atom is 0.225 e. The monoisotopic (exact) mass is 564 g/mol. The van der Waals surface area contributed by atoms with Crippen LogP contribution in [0, 0.1) is 0 Å². The first-order valence-corrected chi connectivity index (χ1v) is 16.2. The normalized spacial score (nSPS) is 11.3. The molecule has 0 radical (unpaired) electrons. The predicted octanol–water partition coefficient (Wildman–Crippen LogP) is 7.74. The first-order chi connectivity index (χ1) is 20.0. The number of carbonyl (C=O) groups excluding carboxylic acids is 2. The molecule has 6 heteroatoms. The highest BCUT2D eigenvalue weighted by Crippen LogP contribution is 2.18. The van der Waals surface area contributed by atoms with Crippen molar-refractivity contribution in [3.8, 4) is 0 Å². The molecule has 0 fully saturated rings. The Hall–Kier alpha value is -2.70. The summed E-state index contributed by atoms with van der Waals surface area (Å²) >= 11 is 0. The zero-order valence-electron chi connectivity index (χ0n) is 26.4. The van der Waals surface area contributed by atoms with Gasteiger partial charge in [0, 0.05) is 37.3 Å². The zero-order chi connectivity index (χ0) is 29.7. The van der Waals surface area contributed by atoms with Gasteiger partial charge in [0.25, 0.3) is 0 Å². The lowest BCUT2D eigenvalue weighted by Gasteiger charge is -2.21. The number of nitrogens with zero attached hydrogens (tertiary/aromatic N) is 2. The third-order valence-electron chi connectivity index (χ3n) is 7.45. The molecule has 2 N–H and O–H groups in total. The van der Waals surface area contributed by atoms with Crippen LogP contribution in [0.2, 0.25) is 0 Å². The zero-order valence-corrected chi connectivity index (χ0v) is 26.4. The van der Waals surface area contributed by atoms with Gasteiger partial charge in [-0.25, -0.2) is 0 Å². The Morgan fingerprint density at radius 1 is 0.561 bits per heavy atom. The molecule has 0 aliphatic rings. The topological polar surface area (TPSA) is 64.7 Å². The Labute approximate surface area is 250 Å². The molecule has 2 aromatic rings. The van der Waals surface area contributed by atoms with E-state index in [1.165, 1.54) is 51.4 Å². The quantitative estimate of drug-likeness (QED) is 0.154. The minimum atomic E-state index is 0.0628. The molecule has 2 amide bonds. The number of rotatable bonds is 22. The minimum absolute atomic E-state index is 0.0628. The number of hydrogen-bond acceptors (Lipinski definition) is 4. The molecule has 6 nitrogen and oxygen atoms in total. The first-order valence-electron chi connectivity index (χ1n) is 16.2. The molecule has 0 atom stereocenters. The number of anilines is 2. The molecular formula is C35H56N4O2. The van der Waals surface area contributed by atoms with E-state index in [2.05, 4.69) is 72.4 Å². The van der Waals surface area contributed by atoms with Gasteiger partial charge in [-0.15, -0.1) is 0 Å². The van der Waals surface area contributed by atoms with Crippen molar-refractivity contribution in [2.24, 2.45) is 0 Å². The third kappa shape index (κ3) is 15.2. The van der Waals surface area contributed by atoms with Gasteiger partial charge in [-0.2, -0.15) is 0 Å². The van der Waals surface area contributed by atoms with E-state index < -0.39 is 0 Å². The number of hydrogen-bond donors (Lipinski definition) is 2. The van der Waals surface area contributed by atoms with Crippen molar-refractivity contribution in [3.63, 3.8) is 0 Å². The fourth-order valence-electron chi connectivity index (χ4n) is 4.92. The second-order valence-electron chi connectivity index (χ2n) is 11.3. The third-order valence-corrected chi connectivity index (χ3v) is 7.45. The number of benzene rings is 2. The Bertz CT molecular complexity index is 914. The van der Waals surface area contributed by atoms with Crippen LogP contribution in [0.15, 0.2) is 48.5 Å². The summed E-state index contributed by atoms with van der Waals surface area (Å²) in [5, 5.41) is 6.19. The van der Waals surface area contributed by atoms with E-state index >= 15 is 0 Å². The van der Waals surface area contributed by atoms with Crippen LogP contribution in [0.3, 0.4) is 0 Å². The lowest BCUT2D eigenvalue weighted by Crippen LogP contribution is -2.30. The van der Waals surface area contributed by atoms with Gasteiger partial charge in [-0.3, -0.25) is 9.59 Å². The van der Waals surface area contributed by atoms with E-state index in [4.69, 9.17) is 0 Å². The van der Waals surface area contributed by atoms with Gasteiger partial charge in [-0.1, -0.05) is 77.6 Å². The summed E-state index contributed by atoms with van der Waals surface area (Å²) in [6.07, 6.45) is 11.1. The van der Waals surface area contributed by atoms with E-state index in [1.807, 2.05) is 24.3 Å². The van der Waals surface area contributed by atoms with Crippen LogP contribution in [-0.2, 0) is 16.0 Å². The largest absolute Gasteiger partial charge is 0.326 e. The number of unbranched alkanes of at least 4 members (excludes halogenated alkanes) is 4. The Kier molecular flexibility index (Phi) is 17.7. The molecule has 0 saturated heterocycles. The van der Waals surface area contributed by atoms with Crippen molar-refractivity contribution in [3.05, 3.63) is 59.7 Å². The maximum absolute atomic E-state index is 12.7. The molecule has 0 heterocycles. The summed E-state index contributed by atoms with van der Waals surface area (Å²) < 4.78 is 0. The van der Waals surface area contributed by atoms with Gasteiger partial charge in [0.15, 0.2) is 0 Å². The second kappa shape index (κ2) is 21.1. The summed E-state index contributed by atoms with van der Waals surface area (Å²) in [7, 11) is 0. The maximum atomic E-state index is 12.7. The fraction of sp³-hybridized carbons (Fsp3) is 0.600. The number of nitrogens with one attached hydrogen (secondary N) is 2. The Morgan fingerprint density at radius 3 is 1.27 bits per heavy atom. The molecule has 228 valence electrons. The summed E-state index contributed by atoms with van der Waals surface area (Å²) in [4.78, 5) is 30.2. The molecule has 2 aromatic carbocycles. The van der Waals surface area contributed by atoms with Crippen LogP contribution >= 0.6 is 0 Å². The van der Waals surface area contributed by atoms with Gasteiger partial charge in [0.1, 0.15) is 0 Å². The van der Waals surface area contributed by atoms with Crippen molar-refractivity contribution < 1.29 is 9.59 Å². The Morgan fingerprint density at radius 2 is 0.927 bits per heavy atom. The van der Waals surface area contributed by atoms with E-state index in [1.54, 1.807) is 0 Å². The summed E-state index contributed by atoms with van der Waals surface area (Å²) in [5.74, 6) is 0.126. The summed E-state index contributed by atoms with van der Waals surface area (Å²) in [5.41, 5.74) is 3.92. The van der Waals surface area contributed by atoms with Gasteiger partial charge in [0.2, 0.25) is 11.8 Å². The predicted molar refractivity (Wildman–Crippen MR) is 175 cm³/mol. The Balaban J connectivity index is 1.88. The molecule has 41 heavy (non-hydrogen) atoms. The van der Waals surface area contributed by atoms with E-state index in [-0.39, 0.29) is 11.8 Å². The highest BCUT2D eigenvalue weighted by Gasteiger charge is 2.11. The van der Waals surface area contributed by atoms with Crippen molar-refractivity contribution in [1.29, 1.82) is 0 Å². The number of amides is 2. The standard InChI is InChI=1S/C35H56N4O2/c1-5-9-21-38(22-10-6-2)25-19-34(40)36-32-17-13-15-30(28-32)27-31-16-14-18-33(29-31)37-35(41)20-26-39(23-11-7-3)24-12-8-4/h13-18,28-29H,5-12,19-27H2,1-4H3,(H,36,40)(H,37,41). The average molecular weight is 565 g/mol. The molecule has 0 bridgehead atoms. The van der Waals surface area contributed by atoms with Gasteiger partial charge >= 0.3 is 0 Å². The van der Waals surface area contributed by atoms with Gasteiger partial charge in [-0.05, 0) is 93.7 Å². The lowest BCUT2D eigenvalue weighted by atomic mass is 10.0. The van der Waals surface area contributed by atoms with Crippen molar-refractivity contribution >= 4 is 23.2 Å². The van der Waals surface area contributed by atoms with Crippen molar-refractivity contribution in [2.45, 2.75) is 98.3 Å². The van der Waals surface area contributed by atoms with Crippen LogP contribution in [0.4, 0.5) is 11.4 Å². The molecule has 0 spiro atoms. The van der Waals surface area contributed by atoms with Gasteiger partial charge in [0.05, 0.1) is 0 Å². The van der Waals surface area contributed by atoms with Crippen molar-refractivity contribution in [2.75, 3.05) is 49.9 Å². The minimum Gasteiger partial charge on any atom is -0.326 e. The molecule has 0 aliphatic heterocycles. The van der Waals surface area contributed by atoms with Crippen LogP contribution in [0.1, 0.15) is 103 Å². The molecule has 2 rings (SSSR count). The van der Waals surface area contributed by atoms with Crippen LogP contribution in [0.25, 0.3) is 0 Å². The van der Waals surface area contributed by atoms with E-state index in [0.29, 0.717) is 12.8 Å². The first kappa shape index (κ1) is 34.5. The molecule has 0 unspecified atom stereocenters. The van der Waals surface area contributed by atoms with E-state index in [9.17, 15) is 9.59 Å². The number of carbonyl (C=O) groups is 2.